The molecule has 1 aliphatic rings. The maximum Gasteiger partial charge on any atom is 0.333 e. The first-order chi connectivity index (χ1) is 9.15. The third-order valence-electron chi connectivity index (χ3n) is 3.26. The van der Waals surface area contributed by atoms with E-state index in [4.69, 9.17) is 9.47 Å². The highest BCUT2D eigenvalue weighted by Crippen LogP contribution is 2.37. The third kappa shape index (κ3) is 2.96. The number of methoxy groups -OCH3 is 1. The zero-order chi connectivity index (χ0) is 13.8. The number of nitro benzene ring substituents is 1. The Morgan fingerprint density at radius 2 is 2.21 bits per heavy atom. The molecule has 1 aromatic carbocycles. The highest BCUT2D eigenvalue weighted by molar-refractivity contribution is 5.68. The van der Waals surface area contributed by atoms with Gasteiger partial charge in [-0.2, -0.15) is 0 Å². The van der Waals surface area contributed by atoms with E-state index in [1.807, 2.05) is 6.92 Å². The molecule has 1 N–H and O–H groups in total. The minimum atomic E-state index is -0.417. The predicted molar refractivity (Wildman–Crippen MR) is 71.7 cm³/mol. The van der Waals surface area contributed by atoms with Crippen molar-refractivity contribution in [1.29, 1.82) is 0 Å². The molecule has 1 fully saturated rings. The Kier molecular flexibility index (Phi) is 4.21. The van der Waals surface area contributed by atoms with Crippen molar-refractivity contribution in [3.63, 3.8) is 0 Å². The van der Waals surface area contributed by atoms with Gasteiger partial charge >= 0.3 is 5.69 Å². The van der Waals surface area contributed by atoms with E-state index in [1.165, 1.54) is 7.11 Å². The molecule has 0 spiro atoms. The Hall–Kier alpha value is -1.82. The molecule has 104 valence electrons. The number of para-hydroxylation sites is 1. The summed E-state index contributed by atoms with van der Waals surface area (Å²) in [4.78, 5) is 10.7. The Balaban J connectivity index is 2.07. The van der Waals surface area contributed by atoms with Crippen LogP contribution in [0.4, 0.5) is 11.4 Å². The van der Waals surface area contributed by atoms with Crippen molar-refractivity contribution in [3.8, 4) is 5.75 Å². The maximum atomic E-state index is 11.1. The lowest BCUT2D eigenvalue weighted by Gasteiger charge is -2.35. The highest BCUT2D eigenvalue weighted by Gasteiger charge is 2.31. The van der Waals surface area contributed by atoms with Gasteiger partial charge in [-0.25, -0.2) is 0 Å². The third-order valence-corrected chi connectivity index (χ3v) is 3.26. The topological polar surface area (TPSA) is 73.6 Å². The second-order valence-corrected chi connectivity index (χ2v) is 4.50. The van der Waals surface area contributed by atoms with Crippen molar-refractivity contribution in [1.82, 2.24) is 0 Å². The number of hydrogen-bond donors (Lipinski definition) is 1. The Labute approximate surface area is 111 Å². The molecule has 0 heterocycles. The average molecular weight is 266 g/mol. The lowest BCUT2D eigenvalue weighted by molar-refractivity contribution is -0.384. The largest absolute Gasteiger partial charge is 0.490 e. The van der Waals surface area contributed by atoms with Gasteiger partial charge < -0.3 is 14.8 Å². The van der Waals surface area contributed by atoms with Gasteiger partial charge in [0.05, 0.1) is 18.1 Å². The summed E-state index contributed by atoms with van der Waals surface area (Å²) >= 11 is 0. The van der Waals surface area contributed by atoms with Crippen LogP contribution in [0, 0.1) is 10.1 Å². The molecule has 0 bridgehead atoms. The van der Waals surface area contributed by atoms with E-state index in [0.717, 1.165) is 12.8 Å². The molecule has 0 aliphatic heterocycles. The van der Waals surface area contributed by atoms with Crippen molar-refractivity contribution in [2.24, 2.45) is 0 Å². The summed E-state index contributed by atoms with van der Waals surface area (Å²) < 4.78 is 10.5. The first kappa shape index (κ1) is 13.6. The van der Waals surface area contributed by atoms with Crippen LogP contribution in [0.2, 0.25) is 0 Å². The van der Waals surface area contributed by atoms with Gasteiger partial charge in [0, 0.05) is 12.6 Å². The van der Waals surface area contributed by atoms with Crippen LogP contribution in [0.25, 0.3) is 0 Å². The number of hydrogen-bond acceptors (Lipinski definition) is 5. The average Bonchev–Trinajstić information content (AvgIpc) is 2.35. The number of benzene rings is 1. The van der Waals surface area contributed by atoms with Gasteiger partial charge in [0.15, 0.2) is 5.75 Å². The molecule has 1 saturated carbocycles. The summed E-state index contributed by atoms with van der Waals surface area (Å²) in [7, 11) is 1.43. The van der Waals surface area contributed by atoms with Crippen molar-refractivity contribution in [2.75, 3.05) is 19.0 Å². The van der Waals surface area contributed by atoms with Gasteiger partial charge in [0.1, 0.15) is 5.69 Å². The van der Waals surface area contributed by atoms with Crippen LogP contribution in [-0.2, 0) is 4.74 Å². The van der Waals surface area contributed by atoms with E-state index in [9.17, 15) is 10.1 Å². The van der Waals surface area contributed by atoms with Crippen LogP contribution in [0.1, 0.15) is 19.8 Å². The van der Waals surface area contributed by atoms with Crippen molar-refractivity contribution in [3.05, 3.63) is 28.3 Å². The molecule has 6 heteroatoms. The van der Waals surface area contributed by atoms with Crippen LogP contribution >= 0.6 is 0 Å². The number of rotatable bonds is 6. The zero-order valence-corrected chi connectivity index (χ0v) is 11.1. The van der Waals surface area contributed by atoms with E-state index in [-0.39, 0.29) is 23.6 Å². The van der Waals surface area contributed by atoms with Crippen LogP contribution in [0.3, 0.4) is 0 Å². The van der Waals surface area contributed by atoms with Crippen molar-refractivity contribution in [2.45, 2.75) is 31.9 Å². The van der Waals surface area contributed by atoms with Crippen LogP contribution < -0.4 is 10.1 Å². The minimum Gasteiger partial charge on any atom is -0.490 e. The number of nitrogens with zero attached hydrogens (tertiary/aromatic N) is 1. The fourth-order valence-corrected chi connectivity index (χ4v) is 2.27. The first-order valence-electron chi connectivity index (χ1n) is 6.35. The molecular formula is C13H18N2O4. The summed E-state index contributed by atoms with van der Waals surface area (Å²) in [6.07, 6.45) is 2.02. The monoisotopic (exact) mass is 266 g/mol. The smallest absolute Gasteiger partial charge is 0.333 e. The molecule has 0 aromatic heterocycles. The van der Waals surface area contributed by atoms with Crippen molar-refractivity contribution < 1.29 is 14.4 Å². The summed E-state index contributed by atoms with van der Waals surface area (Å²) in [5.41, 5.74) is 0.495. The molecule has 0 amide bonds. The van der Waals surface area contributed by atoms with E-state index in [0.29, 0.717) is 12.3 Å². The number of nitrogens with one attached hydrogen (secondary N) is 1. The van der Waals surface area contributed by atoms with Crippen molar-refractivity contribution >= 4 is 11.4 Å². The Morgan fingerprint density at radius 3 is 2.79 bits per heavy atom. The Bertz CT molecular complexity index is 458. The van der Waals surface area contributed by atoms with Gasteiger partial charge in [-0.15, -0.1) is 0 Å². The predicted octanol–water partition coefficient (Wildman–Crippen LogP) is 2.58. The quantitative estimate of drug-likeness (QED) is 0.632. The fraction of sp³-hybridized carbons (Fsp3) is 0.538. The molecule has 1 aromatic rings. The molecule has 0 atom stereocenters. The number of anilines is 1. The normalized spacial score (nSPS) is 21.6. The minimum absolute atomic E-state index is 0.00939. The molecule has 6 nitrogen and oxygen atoms in total. The molecule has 19 heavy (non-hydrogen) atoms. The zero-order valence-electron chi connectivity index (χ0n) is 11.1. The second-order valence-electron chi connectivity index (χ2n) is 4.50. The molecule has 0 radical (unpaired) electrons. The number of nitro groups is 1. The van der Waals surface area contributed by atoms with Crippen LogP contribution in [0.5, 0.6) is 5.75 Å². The van der Waals surface area contributed by atoms with E-state index in [2.05, 4.69) is 5.32 Å². The fourth-order valence-electron chi connectivity index (χ4n) is 2.27. The SMILES string of the molecule is CCOC1CC(Nc2cccc(OC)c2[N+](=O)[O-])C1. The van der Waals surface area contributed by atoms with E-state index < -0.39 is 4.92 Å². The van der Waals surface area contributed by atoms with Crippen LogP contribution in [-0.4, -0.2) is 30.8 Å². The Morgan fingerprint density at radius 1 is 1.47 bits per heavy atom. The van der Waals surface area contributed by atoms with Crippen LogP contribution in [0.15, 0.2) is 18.2 Å². The summed E-state index contributed by atoms with van der Waals surface area (Å²) in [5.74, 6) is 0.274. The lowest BCUT2D eigenvalue weighted by atomic mass is 9.89. The molecule has 0 unspecified atom stereocenters. The van der Waals surface area contributed by atoms with Gasteiger partial charge in [-0.3, -0.25) is 10.1 Å². The highest BCUT2D eigenvalue weighted by atomic mass is 16.6. The molecule has 0 saturated heterocycles. The first-order valence-corrected chi connectivity index (χ1v) is 6.35. The van der Waals surface area contributed by atoms with Gasteiger partial charge in [-0.05, 0) is 31.9 Å². The molecular weight excluding hydrogens is 248 g/mol. The standard InChI is InChI=1S/C13H18N2O4/c1-3-19-10-7-9(8-10)14-11-5-4-6-12(18-2)13(11)15(16)17/h4-6,9-10,14H,3,7-8H2,1-2H3. The van der Waals surface area contributed by atoms with E-state index in [1.54, 1.807) is 18.2 Å². The number of ether oxygens (including phenoxy) is 2. The van der Waals surface area contributed by atoms with E-state index >= 15 is 0 Å². The summed E-state index contributed by atoms with van der Waals surface area (Å²) in [6.45, 7) is 2.67. The maximum absolute atomic E-state index is 11.1. The molecule has 1 aliphatic carbocycles. The van der Waals surface area contributed by atoms with Gasteiger partial charge in [0.2, 0.25) is 0 Å². The lowest BCUT2D eigenvalue weighted by Crippen LogP contribution is -2.40. The summed E-state index contributed by atoms with van der Waals surface area (Å²) in [5, 5.41) is 14.3. The second kappa shape index (κ2) is 5.88. The summed E-state index contributed by atoms with van der Waals surface area (Å²) in [6, 6.07) is 5.26. The van der Waals surface area contributed by atoms with Gasteiger partial charge in [0.25, 0.3) is 0 Å². The van der Waals surface area contributed by atoms with Gasteiger partial charge in [-0.1, -0.05) is 6.07 Å². The molecule has 2 rings (SSSR count).